The van der Waals surface area contributed by atoms with Crippen LogP contribution in [0, 0.1) is 0 Å². The van der Waals surface area contributed by atoms with Crippen molar-refractivity contribution in [3.05, 3.63) is 34.9 Å². The van der Waals surface area contributed by atoms with Crippen molar-refractivity contribution in [3.8, 4) is 0 Å². The summed E-state index contributed by atoms with van der Waals surface area (Å²) in [5.74, 6) is 0. The summed E-state index contributed by atoms with van der Waals surface area (Å²) < 4.78 is 1.02. The maximum absolute atomic E-state index is 4.51. The first-order valence-corrected chi connectivity index (χ1v) is 6.34. The molecular weight excluding hydrogens is 264 g/mol. The quantitative estimate of drug-likeness (QED) is 0.848. The van der Waals surface area contributed by atoms with Gasteiger partial charge in [0, 0.05) is 29.1 Å². The van der Waals surface area contributed by atoms with Gasteiger partial charge >= 0.3 is 0 Å². The molecule has 0 aliphatic rings. The van der Waals surface area contributed by atoms with Crippen molar-refractivity contribution < 1.29 is 0 Å². The minimum atomic E-state index is 1.01. The molecule has 0 aliphatic heterocycles. The van der Waals surface area contributed by atoms with Gasteiger partial charge < -0.3 is 4.90 Å². The van der Waals surface area contributed by atoms with Crippen LogP contribution in [-0.2, 0) is 0 Å². The highest BCUT2D eigenvalue weighted by Gasteiger charge is 2.07. The average molecular weight is 279 g/mol. The van der Waals surface area contributed by atoms with Crippen LogP contribution < -0.4 is 4.90 Å². The highest BCUT2D eigenvalue weighted by Crippen LogP contribution is 2.26. The van der Waals surface area contributed by atoms with E-state index in [0.29, 0.717) is 0 Å². The second-order valence-corrected chi connectivity index (χ2v) is 4.59. The van der Waals surface area contributed by atoms with Crippen LogP contribution in [0.5, 0.6) is 0 Å². The molecule has 2 rings (SSSR count). The Morgan fingerprint density at radius 2 is 2.00 bits per heavy atom. The van der Waals surface area contributed by atoms with Crippen LogP contribution in [0.2, 0.25) is 0 Å². The van der Waals surface area contributed by atoms with Crippen molar-refractivity contribution in [3.63, 3.8) is 0 Å². The highest BCUT2D eigenvalue weighted by atomic mass is 79.9. The molecule has 0 bridgehead atoms. The van der Waals surface area contributed by atoms with Gasteiger partial charge in [0.15, 0.2) is 0 Å². The lowest BCUT2D eigenvalue weighted by molar-refractivity contribution is 0.869. The van der Waals surface area contributed by atoms with E-state index in [9.17, 15) is 0 Å². The van der Waals surface area contributed by atoms with Gasteiger partial charge in [-0.05, 0) is 41.9 Å². The normalized spacial score (nSPS) is 10.7. The lowest BCUT2D eigenvalue weighted by Crippen LogP contribution is -2.22. The first-order chi connectivity index (χ1) is 7.76. The first kappa shape index (κ1) is 11.4. The Labute approximate surface area is 104 Å². The van der Waals surface area contributed by atoms with E-state index in [1.54, 1.807) is 0 Å². The van der Waals surface area contributed by atoms with Crippen molar-refractivity contribution in [2.45, 2.75) is 13.8 Å². The minimum Gasteiger partial charge on any atom is -0.370 e. The fraction of sp³-hybridized carbons (Fsp3) is 0.308. The maximum atomic E-state index is 4.51. The van der Waals surface area contributed by atoms with E-state index in [2.05, 4.69) is 63.9 Å². The van der Waals surface area contributed by atoms with Crippen LogP contribution in [0.3, 0.4) is 0 Å². The van der Waals surface area contributed by atoms with E-state index >= 15 is 0 Å². The van der Waals surface area contributed by atoms with Crippen LogP contribution in [0.25, 0.3) is 10.9 Å². The second-order valence-electron chi connectivity index (χ2n) is 3.67. The molecule has 0 fully saturated rings. The van der Waals surface area contributed by atoms with Gasteiger partial charge in [0.05, 0.1) is 11.2 Å². The van der Waals surface area contributed by atoms with E-state index in [1.165, 1.54) is 11.1 Å². The van der Waals surface area contributed by atoms with Gasteiger partial charge in [-0.15, -0.1) is 0 Å². The van der Waals surface area contributed by atoms with Gasteiger partial charge in [0.1, 0.15) is 0 Å². The molecule has 2 aromatic rings. The monoisotopic (exact) mass is 278 g/mol. The topological polar surface area (TPSA) is 16.1 Å². The van der Waals surface area contributed by atoms with Crippen LogP contribution >= 0.6 is 15.9 Å². The Morgan fingerprint density at radius 3 is 2.69 bits per heavy atom. The summed E-state index contributed by atoms with van der Waals surface area (Å²) in [6.07, 6.45) is 1.86. The molecule has 2 nitrogen and oxygen atoms in total. The Morgan fingerprint density at radius 1 is 1.25 bits per heavy atom. The zero-order chi connectivity index (χ0) is 11.5. The standard InChI is InChI=1S/C13H15BrN2/c1-3-16(4-2)12-7-5-6-10-8-11(14)9-15-13(10)12/h5-9H,3-4H2,1-2H3. The molecule has 0 N–H and O–H groups in total. The van der Waals surface area contributed by atoms with E-state index in [1.807, 2.05) is 6.20 Å². The molecule has 1 aromatic heterocycles. The van der Waals surface area contributed by atoms with Crippen LogP contribution in [0.15, 0.2) is 34.9 Å². The van der Waals surface area contributed by atoms with Crippen LogP contribution in [-0.4, -0.2) is 18.1 Å². The molecule has 0 spiro atoms. The number of fused-ring (bicyclic) bond motifs is 1. The largest absolute Gasteiger partial charge is 0.370 e. The lowest BCUT2D eigenvalue weighted by Gasteiger charge is -2.22. The fourth-order valence-corrected chi connectivity index (χ4v) is 2.29. The van der Waals surface area contributed by atoms with Gasteiger partial charge in [0.25, 0.3) is 0 Å². The number of halogens is 1. The average Bonchev–Trinajstić information content (AvgIpc) is 2.30. The van der Waals surface area contributed by atoms with Crippen LogP contribution in [0.4, 0.5) is 5.69 Å². The second kappa shape index (κ2) is 4.83. The molecule has 3 heteroatoms. The summed E-state index contributed by atoms with van der Waals surface area (Å²) in [6.45, 7) is 6.35. The molecular formula is C13H15BrN2. The molecule has 16 heavy (non-hydrogen) atoms. The number of hydrogen-bond acceptors (Lipinski definition) is 2. The molecule has 0 saturated heterocycles. The summed E-state index contributed by atoms with van der Waals surface area (Å²) in [5.41, 5.74) is 2.30. The Hall–Kier alpha value is -1.09. The zero-order valence-corrected chi connectivity index (χ0v) is 11.2. The van der Waals surface area contributed by atoms with E-state index in [4.69, 9.17) is 0 Å². The number of hydrogen-bond donors (Lipinski definition) is 0. The number of anilines is 1. The maximum Gasteiger partial charge on any atom is 0.0936 e. The molecule has 0 amide bonds. The number of nitrogens with zero attached hydrogens (tertiary/aromatic N) is 2. The molecule has 0 unspecified atom stereocenters. The van der Waals surface area contributed by atoms with Crippen molar-refractivity contribution >= 4 is 32.5 Å². The van der Waals surface area contributed by atoms with Gasteiger partial charge in [0.2, 0.25) is 0 Å². The van der Waals surface area contributed by atoms with Crippen molar-refractivity contribution in [1.29, 1.82) is 0 Å². The SMILES string of the molecule is CCN(CC)c1cccc2cc(Br)cnc12. The number of benzene rings is 1. The highest BCUT2D eigenvalue weighted by molar-refractivity contribution is 9.10. The van der Waals surface area contributed by atoms with E-state index in [-0.39, 0.29) is 0 Å². The molecule has 0 atom stereocenters. The van der Waals surface area contributed by atoms with Gasteiger partial charge in [-0.25, -0.2) is 0 Å². The van der Waals surface area contributed by atoms with E-state index in [0.717, 1.165) is 23.1 Å². The third kappa shape index (κ3) is 2.05. The smallest absolute Gasteiger partial charge is 0.0936 e. The fourth-order valence-electron chi connectivity index (χ4n) is 1.94. The van der Waals surface area contributed by atoms with Crippen LogP contribution in [0.1, 0.15) is 13.8 Å². The molecule has 84 valence electrons. The Kier molecular flexibility index (Phi) is 3.44. The summed E-state index contributed by atoms with van der Waals surface area (Å²) >= 11 is 3.45. The number of aromatic nitrogens is 1. The summed E-state index contributed by atoms with van der Waals surface area (Å²) in [6, 6.07) is 8.43. The van der Waals surface area contributed by atoms with Gasteiger partial charge in [-0.2, -0.15) is 0 Å². The third-order valence-electron chi connectivity index (χ3n) is 2.76. The Bertz CT molecular complexity index is 492. The van der Waals surface area contributed by atoms with E-state index < -0.39 is 0 Å². The lowest BCUT2D eigenvalue weighted by atomic mass is 10.2. The molecule has 0 radical (unpaired) electrons. The number of rotatable bonds is 3. The predicted octanol–water partition coefficient (Wildman–Crippen LogP) is 3.84. The number of pyridine rings is 1. The molecule has 1 heterocycles. The third-order valence-corrected chi connectivity index (χ3v) is 3.19. The molecule has 0 saturated carbocycles. The number of para-hydroxylation sites is 1. The summed E-state index contributed by atoms with van der Waals surface area (Å²) in [4.78, 5) is 6.83. The van der Waals surface area contributed by atoms with Crippen molar-refractivity contribution in [2.75, 3.05) is 18.0 Å². The zero-order valence-electron chi connectivity index (χ0n) is 9.57. The Balaban J connectivity index is 2.61. The van der Waals surface area contributed by atoms with Gasteiger partial charge in [-0.1, -0.05) is 12.1 Å². The summed E-state index contributed by atoms with van der Waals surface area (Å²) in [7, 11) is 0. The molecule has 0 aliphatic carbocycles. The van der Waals surface area contributed by atoms with Gasteiger partial charge in [-0.3, -0.25) is 4.98 Å². The van der Waals surface area contributed by atoms with Crippen molar-refractivity contribution in [2.24, 2.45) is 0 Å². The molecule has 1 aromatic carbocycles. The predicted molar refractivity (Wildman–Crippen MR) is 73.0 cm³/mol. The minimum absolute atomic E-state index is 1.01. The summed E-state index contributed by atoms with van der Waals surface area (Å²) in [5, 5.41) is 1.18. The van der Waals surface area contributed by atoms with Crippen molar-refractivity contribution in [1.82, 2.24) is 4.98 Å². The first-order valence-electron chi connectivity index (χ1n) is 5.55.